The zero-order valence-corrected chi connectivity index (χ0v) is 10.4. The van der Waals surface area contributed by atoms with Crippen LogP contribution >= 0.6 is 0 Å². The van der Waals surface area contributed by atoms with Crippen LogP contribution in [0.25, 0.3) is 11.1 Å². The SMILES string of the molecule is CCNC(=O)C(C)Nc1nc2cc(N)ccc2o1. The Morgan fingerprint density at radius 3 is 3.06 bits per heavy atom. The van der Waals surface area contributed by atoms with E-state index in [4.69, 9.17) is 10.2 Å². The molecule has 1 aromatic heterocycles. The number of benzene rings is 1. The Morgan fingerprint density at radius 2 is 2.33 bits per heavy atom. The highest BCUT2D eigenvalue weighted by molar-refractivity contribution is 5.84. The van der Waals surface area contributed by atoms with Crippen LogP contribution in [0, 0.1) is 0 Å². The van der Waals surface area contributed by atoms with Gasteiger partial charge in [-0.25, -0.2) is 0 Å². The number of fused-ring (bicyclic) bond motifs is 1. The number of amides is 1. The predicted octanol–water partition coefficient (Wildman–Crippen LogP) is 1.35. The second kappa shape index (κ2) is 4.95. The summed E-state index contributed by atoms with van der Waals surface area (Å²) in [4.78, 5) is 15.8. The maximum Gasteiger partial charge on any atom is 0.296 e. The lowest BCUT2D eigenvalue weighted by Crippen LogP contribution is -2.37. The molecule has 1 aromatic carbocycles. The second-order valence-corrected chi connectivity index (χ2v) is 4.01. The fraction of sp³-hybridized carbons (Fsp3) is 0.333. The summed E-state index contributed by atoms with van der Waals surface area (Å²) in [7, 11) is 0. The van der Waals surface area contributed by atoms with Gasteiger partial charge in [0, 0.05) is 12.2 Å². The molecule has 0 fully saturated rings. The molecule has 6 heteroatoms. The normalized spacial score (nSPS) is 12.3. The molecule has 1 amide bonds. The van der Waals surface area contributed by atoms with Crippen LogP contribution in [-0.4, -0.2) is 23.5 Å². The van der Waals surface area contributed by atoms with E-state index in [1.807, 2.05) is 6.92 Å². The van der Waals surface area contributed by atoms with Crippen molar-refractivity contribution in [1.29, 1.82) is 0 Å². The lowest BCUT2D eigenvalue weighted by Gasteiger charge is -2.10. The first-order chi connectivity index (χ1) is 8.60. The van der Waals surface area contributed by atoms with Gasteiger partial charge >= 0.3 is 0 Å². The lowest BCUT2D eigenvalue weighted by molar-refractivity contribution is -0.121. The summed E-state index contributed by atoms with van der Waals surface area (Å²) in [5.74, 6) is -0.0979. The van der Waals surface area contributed by atoms with Crippen molar-refractivity contribution in [2.45, 2.75) is 19.9 Å². The molecular weight excluding hydrogens is 232 g/mol. The first kappa shape index (κ1) is 12.2. The Morgan fingerprint density at radius 1 is 1.56 bits per heavy atom. The lowest BCUT2D eigenvalue weighted by atomic mass is 10.3. The maximum atomic E-state index is 11.6. The van der Waals surface area contributed by atoms with Gasteiger partial charge in [0.15, 0.2) is 5.58 Å². The molecule has 1 unspecified atom stereocenters. The van der Waals surface area contributed by atoms with Crippen LogP contribution in [-0.2, 0) is 4.79 Å². The van der Waals surface area contributed by atoms with E-state index in [0.29, 0.717) is 29.3 Å². The average molecular weight is 248 g/mol. The van der Waals surface area contributed by atoms with Gasteiger partial charge < -0.3 is 20.8 Å². The third-order valence-electron chi connectivity index (χ3n) is 2.50. The molecule has 0 bridgehead atoms. The molecule has 0 radical (unpaired) electrons. The number of likely N-dealkylation sites (N-methyl/N-ethyl adjacent to an activating group) is 1. The van der Waals surface area contributed by atoms with Crippen molar-refractivity contribution < 1.29 is 9.21 Å². The monoisotopic (exact) mass is 248 g/mol. The average Bonchev–Trinajstić information content (AvgIpc) is 2.70. The number of carbonyl (C=O) groups excluding carboxylic acids is 1. The highest BCUT2D eigenvalue weighted by Crippen LogP contribution is 2.21. The Labute approximate surface area is 105 Å². The van der Waals surface area contributed by atoms with Crippen LogP contribution in [0.1, 0.15) is 13.8 Å². The topological polar surface area (TPSA) is 93.2 Å². The molecule has 0 saturated carbocycles. The number of nitrogens with one attached hydrogen (secondary N) is 2. The van der Waals surface area contributed by atoms with Crippen molar-refractivity contribution in [3.8, 4) is 0 Å². The largest absolute Gasteiger partial charge is 0.424 e. The summed E-state index contributed by atoms with van der Waals surface area (Å²) in [6.45, 7) is 4.20. The van der Waals surface area contributed by atoms with Gasteiger partial charge in [0.05, 0.1) is 0 Å². The number of aromatic nitrogens is 1. The van der Waals surface area contributed by atoms with E-state index in [0.717, 1.165) is 0 Å². The van der Waals surface area contributed by atoms with Gasteiger partial charge in [-0.1, -0.05) is 0 Å². The van der Waals surface area contributed by atoms with Crippen LogP contribution in [0.3, 0.4) is 0 Å². The fourth-order valence-corrected chi connectivity index (χ4v) is 1.58. The van der Waals surface area contributed by atoms with Gasteiger partial charge in [-0.15, -0.1) is 0 Å². The van der Waals surface area contributed by atoms with Crippen LogP contribution in [0.15, 0.2) is 22.6 Å². The van der Waals surface area contributed by atoms with Crippen LogP contribution in [0.2, 0.25) is 0 Å². The molecule has 2 aromatic rings. The number of anilines is 2. The molecule has 6 nitrogen and oxygen atoms in total. The van der Waals surface area contributed by atoms with Gasteiger partial charge in [0.25, 0.3) is 6.01 Å². The number of rotatable bonds is 4. The highest BCUT2D eigenvalue weighted by atomic mass is 16.4. The van der Waals surface area contributed by atoms with E-state index in [9.17, 15) is 4.79 Å². The van der Waals surface area contributed by atoms with Gasteiger partial charge in [-0.3, -0.25) is 4.79 Å². The molecule has 0 spiro atoms. The minimum atomic E-state index is -0.407. The minimum Gasteiger partial charge on any atom is -0.424 e. The molecule has 2 rings (SSSR count). The molecular formula is C12H16N4O2. The quantitative estimate of drug-likeness (QED) is 0.710. The van der Waals surface area contributed by atoms with Crippen molar-refractivity contribution in [1.82, 2.24) is 10.3 Å². The predicted molar refractivity (Wildman–Crippen MR) is 70.2 cm³/mol. The molecule has 1 heterocycles. The number of nitrogens with two attached hydrogens (primary N) is 1. The van der Waals surface area contributed by atoms with Crippen LogP contribution in [0.5, 0.6) is 0 Å². The third-order valence-corrected chi connectivity index (χ3v) is 2.50. The van der Waals surface area contributed by atoms with Crippen molar-refractivity contribution in [2.75, 3.05) is 17.6 Å². The maximum absolute atomic E-state index is 11.6. The Balaban J connectivity index is 2.14. The first-order valence-electron chi connectivity index (χ1n) is 5.80. The highest BCUT2D eigenvalue weighted by Gasteiger charge is 2.14. The van der Waals surface area contributed by atoms with Gasteiger partial charge in [-0.2, -0.15) is 4.98 Å². The molecule has 0 aliphatic rings. The van der Waals surface area contributed by atoms with E-state index in [1.54, 1.807) is 25.1 Å². The Bertz CT molecular complexity index is 564. The molecule has 0 aliphatic heterocycles. The van der Waals surface area contributed by atoms with E-state index in [1.165, 1.54) is 0 Å². The van der Waals surface area contributed by atoms with E-state index in [-0.39, 0.29) is 5.91 Å². The molecule has 1 atom stereocenters. The minimum absolute atomic E-state index is 0.0979. The molecule has 0 aliphatic carbocycles. The van der Waals surface area contributed by atoms with Gasteiger partial charge in [0.1, 0.15) is 11.6 Å². The number of nitrogens with zero attached hydrogens (tertiary/aromatic N) is 1. The standard InChI is InChI=1S/C12H16N4O2/c1-3-14-11(17)7(2)15-12-16-9-6-8(13)4-5-10(9)18-12/h4-7H,3,13H2,1-2H3,(H,14,17)(H,15,16). The molecule has 0 saturated heterocycles. The molecule has 96 valence electrons. The first-order valence-corrected chi connectivity index (χ1v) is 5.80. The van der Waals surface area contributed by atoms with E-state index >= 15 is 0 Å². The van der Waals surface area contributed by atoms with Crippen LogP contribution in [0.4, 0.5) is 11.7 Å². The summed E-state index contributed by atoms with van der Waals surface area (Å²) >= 11 is 0. The smallest absolute Gasteiger partial charge is 0.296 e. The summed E-state index contributed by atoms with van der Waals surface area (Å²) in [6, 6.07) is 5.12. The molecule has 18 heavy (non-hydrogen) atoms. The Hall–Kier alpha value is -2.24. The van der Waals surface area contributed by atoms with Crippen molar-refractivity contribution in [3.63, 3.8) is 0 Å². The number of oxazole rings is 1. The third kappa shape index (κ3) is 2.53. The number of carbonyl (C=O) groups is 1. The van der Waals surface area contributed by atoms with E-state index in [2.05, 4.69) is 15.6 Å². The zero-order chi connectivity index (χ0) is 13.1. The second-order valence-electron chi connectivity index (χ2n) is 4.01. The Kier molecular flexibility index (Phi) is 3.36. The fourth-order valence-electron chi connectivity index (χ4n) is 1.58. The molecule has 4 N–H and O–H groups in total. The van der Waals surface area contributed by atoms with E-state index < -0.39 is 6.04 Å². The van der Waals surface area contributed by atoms with Crippen molar-refractivity contribution in [3.05, 3.63) is 18.2 Å². The van der Waals surface area contributed by atoms with Crippen LogP contribution < -0.4 is 16.4 Å². The van der Waals surface area contributed by atoms with Gasteiger partial charge in [-0.05, 0) is 32.0 Å². The summed E-state index contributed by atoms with van der Waals surface area (Å²) in [6.07, 6.45) is 0. The number of hydrogen-bond acceptors (Lipinski definition) is 5. The van der Waals surface area contributed by atoms with Crippen molar-refractivity contribution >= 4 is 28.7 Å². The number of nitrogen functional groups attached to an aromatic ring is 1. The summed E-state index contributed by atoms with van der Waals surface area (Å²) in [5.41, 5.74) is 7.58. The summed E-state index contributed by atoms with van der Waals surface area (Å²) in [5, 5.41) is 5.62. The zero-order valence-electron chi connectivity index (χ0n) is 10.4. The van der Waals surface area contributed by atoms with Gasteiger partial charge in [0.2, 0.25) is 5.91 Å². The van der Waals surface area contributed by atoms with Crippen molar-refractivity contribution in [2.24, 2.45) is 0 Å². The number of hydrogen-bond donors (Lipinski definition) is 3. The summed E-state index contributed by atoms with van der Waals surface area (Å²) < 4.78 is 5.46.